The first-order valence-electron chi connectivity index (χ1n) is 12.0. The van der Waals surface area contributed by atoms with Crippen molar-refractivity contribution in [1.29, 1.82) is 0 Å². The molecule has 0 heterocycles. The summed E-state index contributed by atoms with van der Waals surface area (Å²) in [5.74, 6) is -1.48. The van der Waals surface area contributed by atoms with Crippen LogP contribution in [0.1, 0.15) is 44.2 Å². The van der Waals surface area contributed by atoms with Crippen molar-refractivity contribution in [1.82, 2.24) is 10.6 Å². The van der Waals surface area contributed by atoms with Gasteiger partial charge in [0.15, 0.2) is 5.96 Å². The zero-order valence-corrected chi connectivity index (χ0v) is 20.8. The molecule has 0 spiro atoms. The maximum Gasteiger partial charge on any atom is 0.245 e. The highest BCUT2D eigenvalue weighted by atomic mass is 16.2. The summed E-state index contributed by atoms with van der Waals surface area (Å²) in [6, 6.07) is 17.3. The largest absolute Gasteiger partial charge is 0.370 e. The van der Waals surface area contributed by atoms with E-state index in [1.807, 2.05) is 74.5 Å². The number of amides is 3. The molecule has 2 aromatic rings. The zero-order valence-electron chi connectivity index (χ0n) is 20.8. The van der Waals surface area contributed by atoms with Crippen LogP contribution in [-0.2, 0) is 14.4 Å². The van der Waals surface area contributed by atoms with Crippen molar-refractivity contribution >= 4 is 29.3 Å². The summed E-state index contributed by atoms with van der Waals surface area (Å²) >= 11 is 0. The number of carbonyl (C=O) groups is 3. The zero-order chi connectivity index (χ0) is 26.5. The number of benzene rings is 2. The van der Waals surface area contributed by atoms with Crippen LogP contribution < -0.4 is 27.8 Å². The maximum atomic E-state index is 13.1. The standard InChI is InChI=1S/C27H36N6O3/c1-18(2)16-23(25(28)35)33-26(36)22(14-9-15-31-27(29)30)32-24(34)17-21(19-10-5-3-6-11-19)20-12-7-4-8-13-20/h3-8,10-13,17-18,22-23H,9,14-16H2,1-2H3,(H2,28,35)(H,32,34)(H,33,36)(H4,29,30,31)/t22-,23+/m0/s1. The van der Waals surface area contributed by atoms with E-state index in [0.717, 1.165) is 11.1 Å². The van der Waals surface area contributed by atoms with E-state index in [-0.39, 0.29) is 18.3 Å². The first-order valence-corrected chi connectivity index (χ1v) is 12.0. The summed E-state index contributed by atoms with van der Waals surface area (Å²) in [5.41, 5.74) is 18.7. The molecule has 0 bridgehead atoms. The topological polar surface area (TPSA) is 166 Å². The van der Waals surface area contributed by atoms with Gasteiger partial charge in [-0.1, -0.05) is 74.5 Å². The third kappa shape index (κ3) is 9.61. The summed E-state index contributed by atoms with van der Waals surface area (Å²) in [7, 11) is 0. The number of aliphatic imine (C=N–C) groups is 1. The molecule has 0 saturated heterocycles. The van der Waals surface area contributed by atoms with Gasteiger partial charge < -0.3 is 27.8 Å². The van der Waals surface area contributed by atoms with Crippen LogP contribution in [0.25, 0.3) is 5.57 Å². The number of nitrogens with zero attached hydrogens (tertiary/aromatic N) is 1. The number of primary amides is 1. The van der Waals surface area contributed by atoms with Crippen molar-refractivity contribution in [2.75, 3.05) is 6.54 Å². The summed E-state index contributed by atoms with van der Waals surface area (Å²) in [5, 5.41) is 5.47. The first kappa shape index (κ1) is 28.1. The Bertz CT molecular complexity index is 1020. The number of hydrogen-bond acceptors (Lipinski definition) is 4. The minimum Gasteiger partial charge on any atom is -0.370 e. The van der Waals surface area contributed by atoms with Crippen molar-refractivity contribution in [2.45, 2.75) is 45.2 Å². The summed E-state index contributed by atoms with van der Waals surface area (Å²) in [4.78, 5) is 42.0. The molecule has 0 aliphatic rings. The molecule has 0 aliphatic heterocycles. The smallest absolute Gasteiger partial charge is 0.245 e. The summed E-state index contributed by atoms with van der Waals surface area (Å²) < 4.78 is 0. The first-order chi connectivity index (χ1) is 17.2. The molecular formula is C27H36N6O3. The van der Waals surface area contributed by atoms with Gasteiger partial charge in [-0.25, -0.2) is 0 Å². The molecule has 9 nitrogen and oxygen atoms in total. The molecule has 192 valence electrons. The van der Waals surface area contributed by atoms with E-state index in [9.17, 15) is 14.4 Å². The molecule has 0 aromatic heterocycles. The fourth-order valence-corrected chi connectivity index (χ4v) is 3.68. The van der Waals surface area contributed by atoms with E-state index in [2.05, 4.69) is 15.6 Å². The van der Waals surface area contributed by atoms with Gasteiger partial charge >= 0.3 is 0 Å². The van der Waals surface area contributed by atoms with Crippen LogP contribution in [0.4, 0.5) is 0 Å². The van der Waals surface area contributed by atoms with Crippen LogP contribution >= 0.6 is 0 Å². The molecule has 8 N–H and O–H groups in total. The number of nitrogens with two attached hydrogens (primary N) is 3. The molecule has 9 heteroatoms. The lowest BCUT2D eigenvalue weighted by Gasteiger charge is -2.22. The quantitative estimate of drug-likeness (QED) is 0.124. The van der Waals surface area contributed by atoms with Gasteiger partial charge in [0.25, 0.3) is 0 Å². The fourth-order valence-electron chi connectivity index (χ4n) is 3.68. The van der Waals surface area contributed by atoms with Crippen LogP contribution in [0.3, 0.4) is 0 Å². The fraction of sp³-hybridized carbons (Fsp3) is 0.333. The monoisotopic (exact) mass is 492 g/mol. The van der Waals surface area contributed by atoms with E-state index < -0.39 is 29.8 Å². The molecule has 3 amide bonds. The van der Waals surface area contributed by atoms with Crippen molar-refractivity contribution in [3.8, 4) is 0 Å². The van der Waals surface area contributed by atoms with E-state index in [1.165, 1.54) is 6.08 Å². The number of guanidine groups is 1. The van der Waals surface area contributed by atoms with Crippen LogP contribution in [-0.4, -0.2) is 42.3 Å². The predicted molar refractivity (Wildman–Crippen MR) is 142 cm³/mol. The average molecular weight is 493 g/mol. The summed E-state index contributed by atoms with van der Waals surface area (Å²) in [6.45, 7) is 4.15. The second kappa shape index (κ2) is 14.3. The Hall–Kier alpha value is -4.14. The number of carbonyl (C=O) groups excluding carboxylic acids is 3. The highest BCUT2D eigenvalue weighted by Crippen LogP contribution is 2.23. The lowest BCUT2D eigenvalue weighted by atomic mass is 9.97. The Morgan fingerprint density at radius 1 is 0.861 bits per heavy atom. The van der Waals surface area contributed by atoms with Crippen LogP contribution in [0.15, 0.2) is 71.7 Å². The SMILES string of the molecule is CC(C)C[C@@H](NC(=O)[C@H](CCCN=C(N)N)NC(=O)C=C(c1ccccc1)c1ccccc1)C(N)=O. The number of nitrogens with one attached hydrogen (secondary N) is 2. The molecule has 36 heavy (non-hydrogen) atoms. The highest BCUT2D eigenvalue weighted by Gasteiger charge is 2.26. The van der Waals surface area contributed by atoms with Gasteiger partial charge in [-0.15, -0.1) is 0 Å². The second-order valence-electron chi connectivity index (χ2n) is 8.89. The van der Waals surface area contributed by atoms with Gasteiger partial charge in [-0.05, 0) is 41.9 Å². The summed E-state index contributed by atoms with van der Waals surface area (Å²) in [6.07, 6.45) is 2.57. The van der Waals surface area contributed by atoms with Crippen molar-refractivity contribution < 1.29 is 14.4 Å². The Balaban J connectivity index is 2.28. The van der Waals surface area contributed by atoms with Gasteiger partial charge in [0.2, 0.25) is 17.7 Å². The molecule has 2 rings (SSSR count). The second-order valence-corrected chi connectivity index (χ2v) is 8.89. The molecule has 2 atom stereocenters. The molecule has 0 saturated carbocycles. The third-order valence-corrected chi connectivity index (χ3v) is 5.39. The molecular weight excluding hydrogens is 456 g/mol. The van der Waals surface area contributed by atoms with Crippen molar-refractivity contribution in [2.24, 2.45) is 28.1 Å². The molecule has 2 aromatic carbocycles. The van der Waals surface area contributed by atoms with Gasteiger partial charge in [-0.3, -0.25) is 19.4 Å². The van der Waals surface area contributed by atoms with Crippen LogP contribution in [0.2, 0.25) is 0 Å². The van der Waals surface area contributed by atoms with Crippen LogP contribution in [0.5, 0.6) is 0 Å². The Labute approximate surface area is 212 Å². The average Bonchev–Trinajstić information content (AvgIpc) is 2.84. The van der Waals surface area contributed by atoms with Gasteiger partial charge in [-0.2, -0.15) is 0 Å². The lowest BCUT2D eigenvalue weighted by molar-refractivity contribution is -0.130. The minimum atomic E-state index is -0.912. The predicted octanol–water partition coefficient (Wildman–Crippen LogP) is 1.67. The van der Waals surface area contributed by atoms with Gasteiger partial charge in [0, 0.05) is 12.6 Å². The van der Waals surface area contributed by atoms with Crippen LogP contribution in [0, 0.1) is 5.92 Å². The Kier molecular flexibility index (Phi) is 11.2. The van der Waals surface area contributed by atoms with Crippen molar-refractivity contribution in [3.05, 3.63) is 77.9 Å². The van der Waals surface area contributed by atoms with E-state index in [1.54, 1.807) is 0 Å². The minimum absolute atomic E-state index is 0.0518. The molecule has 0 fully saturated rings. The number of rotatable bonds is 13. The third-order valence-electron chi connectivity index (χ3n) is 5.39. The van der Waals surface area contributed by atoms with Gasteiger partial charge in [0.1, 0.15) is 12.1 Å². The van der Waals surface area contributed by atoms with E-state index in [4.69, 9.17) is 17.2 Å². The lowest BCUT2D eigenvalue weighted by Crippen LogP contribution is -2.53. The van der Waals surface area contributed by atoms with Gasteiger partial charge in [0.05, 0.1) is 0 Å². The number of hydrogen-bond donors (Lipinski definition) is 5. The Morgan fingerprint density at radius 3 is 1.89 bits per heavy atom. The van der Waals surface area contributed by atoms with Crippen molar-refractivity contribution in [3.63, 3.8) is 0 Å². The molecule has 0 radical (unpaired) electrons. The molecule has 0 unspecified atom stereocenters. The maximum absolute atomic E-state index is 13.1. The van der Waals surface area contributed by atoms with E-state index in [0.29, 0.717) is 25.0 Å². The molecule has 0 aliphatic carbocycles. The highest BCUT2D eigenvalue weighted by molar-refractivity contribution is 6.01. The van der Waals surface area contributed by atoms with E-state index >= 15 is 0 Å². The Morgan fingerprint density at radius 2 is 1.42 bits per heavy atom. The normalized spacial score (nSPS) is 12.2.